The maximum Gasteiger partial charge on any atom is 0.219 e. The van der Waals surface area contributed by atoms with Crippen LogP contribution in [0.15, 0.2) is 18.2 Å². The van der Waals surface area contributed by atoms with Crippen molar-refractivity contribution in [2.75, 3.05) is 20.2 Å². The van der Waals surface area contributed by atoms with E-state index in [0.717, 1.165) is 24.3 Å². The average molecular weight is 235 g/mol. The number of nitrogens with zero attached hydrogens (tertiary/aromatic N) is 1. The van der Waals surface area contributed by atoms with Crippen molar-refractivity contribution in [3.63, 3.8) is 0 Å². The minimum absolute atomic E-state index is 0.104. The molecule has 0 heterocycles. The molecule has 0 spiro atoms. The second-order valence-electron chi connectivity index (χ2n) is 4.22. The van der Waals surface area contributed by atoms with Crippen LogP contribution in [0.25, 0.3) is 0 Å². The molecule has 1 rings (SSSR count). The molecule has 3 heteroatoms. The molecule has 0 aliphatic carbocycles. The van der Waals surface area contributed by atoms with Gasteiger partial charge < -0.3 is 9.64 Å². The van der Waals surface area contributed by atoms with Crippen molar-refractivity contribution >= 4 is 5.91 Å². The molecule has 0 unspecified atom stereocenters. The van der Waals surface area contributed by atoms with Gasteiger partial charge in [-0.05, 0) is 37.5 Å². The van der Waals surface area contributed by atoms with Crippen LogP contribution in [0, 0.1) is 6.92 Å². The summed E-state index contributed by atoms with van der Waals surface area (Å²) in [6.45, 7) is 7.05. The maximum absolute atomic E-state index is 11.1. The number of ether oxygens (including phenoxy) is 1. The monoisotopic (exact) mass is 235 g/mol. The molecule has 0 aliphatic heterocycles. The van der Waals surface area contributed by atoms with Gasteiger partial charge in [0.15, 0.2) is 0 Å². The van der Waals surface area contributed by atoms with Crippen LogP contribution >= 0.6 is 0 Å². The lowest BCUT2D eigenvalue weighted by atomic mass is 10.1. The Kier molecular flexibility index (Phi) is 5.01. The Bertz CT molecular complexity index is 388. The van der Waals surface area contributed by atoms with Gasteiger partial charge in [0.1, 0.15) is 5.75 Å². The summed E-state index contributed by atoms with van der Waals surface area (Å²) in [7, 11) is 1.82. The molecule has 1 aromatic rings. The van der Waals surface area contributed by atoms with E-state index in [1.807, 2.05) is 27.0 Å². The number of hydrogen-bond acceptors (Lipinski definition) is 2. The van der Waals surface area contributed by atoms with E-state index in [4.69, 9.17) is 4.74 Å². The quantitative estimate of drug-likeness (QED) is 0.784. The van der Waals surface area contributed by atoms with Crippen LogP contribution in [0.1, 0.15) is 25.0 Å². The van der Waals surface area contributed by atoms with Crippen LogP contribution in [-0.4, -0.2) is 31.0 Å². The highest BCUT2D eigenvalue weighted by atomic mass is 16.5. The van der Waals surface area contributed by atoms with Gasteiger partial charge in [0.25, 0.3) is 0 Å². The number of rotatable bonds is 5. The van der Waals surface area contributed by atoms with Crippen molar-refractivity contribution in [2.45, 2.75) is 27.2 Å². The number of likely N-dealkylation sites (N-methyl/N-ethyl adjacent to an activating group) is 1. The van der Waals surface area contributed by atoms with Crippen LogP contribution in [0.5, 0.6) is 5.75 Å². The van der Waals surface area contributed by atoms with E-state index in [2.05, 4.69) is 12.1 Å². The summed E-state index contributed by atoms with van der Waals surface area (Å²) in [5, 5.41) is 0. The molecule has 0 saturated heterocycles. The Morgan fingerprint density at radius 2 is 2.12 bits per heavy atom. The lowest BCUT2D eigenvalue weighted by Crippen LogP contribution is -2.26. The lowest BCUT2D eigenvalue weighted by molar-refractivity contribution is -0.127. The third kappa shape index (κ3) is 4.10. The number of benzene rings is 1. The summed E-state index contributed by atoms with van der Waals surface area (Å²) in [6.07, 6.45) is 0.878. The fourth-order valence-corrected chi connectivity index (χ4v) is 1.64. The van der Waals surface area contributed by atoms with E-state index in [1.165, 1.54) is 5.56 Å². The third-order valence-electron chi connectivity index (χ3n) is 2.81. The summed E-state index contributed by atoms with van der Waals surface area (Å²) in [4.78, 5) is 12.8. The topological polar surface area (TPSA) is 29.5 Å². The second kappa shape index (κ2) is 6.28. The first kappa shape index (κ1) is 13.6. The van der Waals surface area contributed by atoms with Crippen LogP contribution in [0.4, 0.5) is 0 Å². The summed E-state index contributed by atoms with van der Waals surface area (Å²) < 4.78 is 5.49. The second-order valence-corrected chi connectivity index (χ2v) is 4.22. The molecular formula is C14H21NO2. The molecule has 17 heavy (non-hydrogen) atoms. The fourth-order valence-electron chi connectivity index (χ4n) is 1.64. The molecule has 0 saturated carbocycles. The molecule has 0 N–H and O–H groups in total. The van der Waals surface area contributed by atoms with Gasteiger partial charge in [-0.25, -0.2) is 0 Å². The number of aryl methyl sites for hydroxylation is 1. The summed E-state index contributed by atoms with van der Waals surface area (Å²) in [5.74, 6) is 1.05. The van der Waals surface area contributed by atoms with Crippen LogP contribution < -0.4 is 4.74 Å². The predicted molar refractivity (Wildman–Crippen MR) is 69.4 cm³/mol. The van der Waals surface area contributed by atoms with Gasteiger partial charge in [-0.15, -0.1) is 0 Å². The molecule has 3 nitrogen and oxygen atoms in total. The normalized spacial score (nSPS) is 10.1. The van der Waals surface area contributed by atoms with Gasteiger partial charge in [0.2, 0.25) is 5.91 Å². The SMILES string of the molecule is CCOc1ccc(CCN(C)C(C)=O)cc1C. The Morgan fingerprint density at radius 3 is 2.65 bits per heavy atom. The molecule has 0 aliphatic rings. The van der Waals surface area contributed by atoms with Crippen molar-refractivity contribution in [1.82, 2.24) is 4.90 Å². The zero-order valence-electron chi connectivity index (χ0n) is 11.1. The lowest BCUT2D eigenvalue weighted by Gasteiger charge is -2.15. The van der Waals surface area contributed by atoms with Gasteiger partial charge in [-0.3, -0.25) is 4.79 Å². The van der Waals surface area contributed by atoms with Crippen molar-refractivity contribution in [1.29, 1.82) is 0 Å². The van der Waals surface area contributed by atoms with Crippen molar-refractivity contribution in [2.24, 2.45) is 0 Å². The first-order valence-electron chi connectivity index (χ1n) is 5.98. The summed E-state index contributed by atoms with van der Waals surface area (Å²) >= 11 is 0. The van der Waals surface area contributed by atoms with Gasteiger partial charge in [-0.2, -0.15) is 0 Å². The summed E-state index contributed by atoms with van der Waals surface area (Å²) in [5.41, 5.74) is 2.38. The van der Waals surface area contributed by atoms with Crippen LogP contribution in [-0.2, 0) is 11.2 Å². The molecule has 0 fully saturated rings. The Hall–Kier alpha value is -1.51. The minimum atomic E-state index is 0.104. The summed E-state index contributed by atoms with van der Waals surface area (Å²) in [6, 6.07) is 6.19. The first-order chi connectivity index (χ1) is 8.04. The number of carbonyl (C=O) groups is 1. The predicted octanol–water partition coefficient (Wildman–Crippen LogP) is 2.41. The number of carbonyl (C=O) groups excluding carboxylic acids is 1. The Balaban J connectivity index is 2.61. The number of amides is 1. The smallest absolute Gasteiger partial charge is 0.219 e. The van der Waals surface area contributed by atoms with Gasteiger partial charge in [0.05, 0.1) is 6.61 Å². The Labute approximate surface area is 103 Å². The molecule has 94 valence electrons. The van der Waals surface area contributed by atoms with Crippen molar-refractivity contribution < 1.29 is 9.53 Å². The van der Waals surface area contributed by atoms with Crippen LogP contribution in [0.3, 0.4) is 0 Å². The standard InChI is InChI=1S/C14H21NO2/c1-5-17-14-7-6-13(10-11(14)2)8-9-15(4)12(3)16/h6-7,10H,5,8-9H2,1-4H3. The largest absolute Gasteiger partial charge is 0.494 e. The molecule has 0 bridgehead atoms. The minimum Gasteiger partial charge on any atom is -0.494 e. The molecule has 0 radical (unpaired) electrons. The first-order valence-corrected chi connectivity index (χ1v) is 5.98. The van der Waals surface area contributed by atoms with Crippen molar-refractivity contribution in [3.8, 4) is 5.75 Å². The number of hydrogen-bond donors (Lipinski definition) is 0. The van der Waals surface area contributed by atoms with E-state index in [1.54, 1.807) is 11.8 Å². The van der Waals surface area contributed by atoms with E-state index in [9.17, 15) is 4.79 Å². The van der Waals surface area contributed by atoms with E-state index in [-0.39, 0.29) is 5.91 Å². The zero-order chi connectivity index (χ0) is 12.8. The molecule has 1 aromatic carbocycles. The molecule has 1 amide bonds. The third-order valence-corrected chi connectivity index (χ3v) is 2.81. The van der Waals surface area contributed by atoms with Crippen LogP contribution in [0.2, 0.25) is 0 Å². The van der Waals surface area contributed by atoms with Gasteiger partial charge in [0, 0.05) is 20.5 Å². The van der Waals surface area contributed by atoms with E-state index < -0.39 is 0 Å². The Morgan fingerprint density at radius 1 is 1.41 bits per heavy atom. The van der Waals surface area contributed by atoms with E-state index >= 15 is 0 Å². The van der Waals surface area contributed by atoms with Gasteiger partial charge >= 0.3 is 0 Å². The van der Waals surface area contributed by atoms with E-state index in [0.29, 0.717) is 6.61 Å². The highest BCUT2D eigenvalue weighted by Crippen LogP contribution is 2.19. The molecule has 0 atom stereocenters. The fraction of sp³-hybridized carbons (Fsp3) is 0.500. The molecular weight excluding hydrogens is 214 g/mol. The zero-order valence-corrected chi connectivity index (χ0v) is 11.1. The molecule has 0 aromatic heterocycles. The maximum atomic E-state index is 11.1. The highest BCUT2D eigenvalue weighted by molar-refractivity contribution is 5.72. The van der Waals surface area contributed by atoms with Gasteiger partial charge in [-0.1, -0.05) is 12.1 Å². The highest BCUT2D eigenvalue weighted by Gasteiger charge is 2.04. The average Bonchev–Trinajstić information content (AvgIpc) is 2.29. The van der Waals surface area contributed by atoms with Crippen molar-refractivity contribution in [3.05, 3.63) is 29.3 Å².